The van der Waals surface area contributed by atoms with Crippen LogP contribution >= 0.6 is 0 Å². The predicted molar refractivity (Wildman–Crippen MR) is 56.2 cm³/mol. The zero-order chi connectivity index (χ0) is 12.9. The van der Waals surface area contributed by atoms with Crippen LogP contribution < -0.4 is 0 Å². The van der Waals surface area contributed by atoms with Crippen LogP contribution in [0, 0.1) is 0 Å². The molecule has 4 rings (SSSR count). The maximum atomic E-state index is 11.9. The summed E-state index contributed by atoms with van der Waals surface area (Å²) in [5.41, 5.74) is -1.29. The Morgan fingerprint density at radius 2 is 1.94 bits per heavy atom. The molecular weight excluding hydrogens is 240 g/mol. The lowest BCUT2D eigenvalue weighted by atomic mass is 9.83. The normalized spacial score (nSPS) is 55.7. The third kappa shape index (κ3) is 0.972. The lowest BCUT2D eigenvalue weighted by Crippen LogP contribution is -2.55. The van der Waals surface area contributed by atoms with Crippen LogP contribution in [0.4, 0.5) is 0 Å². The molecule has 5 unspecified atom stereocenters. The minimum Gasteiger partial charge on any atom is -0.386 e. The molecule has 0 amide bonds. The maximum Gasteiger partial charge on any atom is 0.257 e. The molecule has 3 aliphatic heterocycles. The first-order valence-electron chi connectivity index (χ1n) is 5.98. The van der Waals surface area contributed by atoms with Crippen LogP contribution in [0.5, 0.6) is 0 Å². The van der Waals surface area contributed by atoms with Gasteiger partial charge in [-0.2, -0.15) is 4.89 Å². The van der Waals surface area contributed by atoms with Gasteiger partial charge in [0.05, 0.1) is 0 Å². The van der Waals surface area contributed by atoms with E-state index >= 15 is 0 Å². The van der Waals surface area contributed by atoms with Crippen LogP contribution in [0.25, 0.3) is 0 Å². The summed E-state index contributed by atoms with van der Waals surface area (Å²) in [6.07, 6.45) is -0.663. The highest BCUT2D eigenvalue weighted by Gasteiger charge is 2.79. The molecule has 6 heteroatoms. The fourth-order valence-corrected chi connectivity index (χ4v) is 3.06. The minimum atomic E-state index is -1.26. The number of fused-ring (bicyclic) bond motifs is 2. The van der Waals surface area contributed by atoms with Gasteiger partial charge in [0.2, 0.25) is 0 Å². The topological polar surface area (TPSA) is 77.5 Å². The average Bonchev–Trinajstić information content (AvgIpc) is 2.94. The smallest absolute Gasteiger partial charge is 0.257 e. The predicted octanol–water partition coefficient (Wildman–Crippen LogP) is -0.151. The van der Waals surface area contributed by atoms with Crippen molar-refractivity contribution >= 4 is 5.78 Å². The van der Waals surface area contributed by atoms with Crippen molar-refractivity contribution in [2.75, 3.05) is 0 Å². The summed E-state index contributed by atoms with van der Waals surface area (Å²) < 4.78 is 11.3. The number of epoxide rings is 1. The zero-order valence-electron chi connectivity index (χ0n) is 10.3. The molecule has 0 saturated carbocycles. The summed E-state index contributed by atoms with van der Waals surface area (Å²) >= 11 is 0. The molecule has 18 heavy (non-hydrogen) atoms. The van der Waals surface area contributed by atoms with E-state index in [1.54, 1.807) is 20.8 Å². The molecule has 1 aliphatic carbocycles. The van der Waals surface area contributed by atoms with Gasteiger partial charge in [-0.05, 0) is 26.8 Å². The summed E-state index contributed by atoms with van der Waals surface area (Å²) in [5.74, 6) is -1.42. The van der Waals surface area contributed by atoms with Gasteiger partial charge in [-0.3, -0.25) is 4.79 Å². The Morgan fingerprint density at radius 1 is 1.22 bits per heavy atom. The molecule has 98 valence electrons. The van der Waals surface area contributed by atoms with Gasteiger partial charge in [0.25, 0.3) is 5.79 Å². The van der Waals surface area contributed by atoms with Gasteiger partial charge in [-0.25, -0.2) is 4.89 Å². The summed E-state index contributed by atoms with van der Waals surface area (Å²) in [5, 5.41) is 10.3. The first-order chi connectivity index (χ1) is 8.31. The Bertz CT molecular complexity index is 497. The first kappa shape index (κ1) is 11.1. The van der Waals surface area contributed by atoms with Crippen LogP contribution in [0.1, 0.15) is 20.8 Å². The monoisotopic (exact) mass is 254 g/mol. The lowest BCUT2D eigenvalue weighted by Gasteiger charge is -2.40. The fourth-order valence-electron chi connectivity index (χ4n) is 3.06. The number of carbonyl (C=O) groups is 1. The van der Waals surface area contributed by atoms with Crippen molar-refractivity contribution in [2.45, 2.75) is 56.1 Å². The molecule has 1 N–H and O–H groups in total. The second kappa shape index (κ2) is 2.71. The average molecular weight is 254 g/mol. The summed E-state index contributed by atoms with van der Waals surface area (Å²) in [4.78, 5) is 22.7. The molecule has 0 aromatic carbocycles. The third-order valence-corrected chi connectivity index (χ3v) is 4.30. The maximum absolute atomic E-state index is 11.9. The molecule has 5 atom stereocenters. The van der Waals surface area contributed by atoms with E-state index < -0.39 is 35.3 Å². The van der Waals surface area contributed by atoms with Crippen molar-refractivity contribution in [3.8, 4) is 0 Å². The largest absolute Gasteiger partial charge is 0.386 e. The number of hydrogen-bond acceptors (Lipinski definition) is 6. The second-order valence-electron chi connectivity index (χ2n) is 5.99. The standard InChI is InChI=1S/C12H14O6/c1-10(2)8-7(14)5-4-6(13)11(3)9(16-11)12(5,15-8)18-17-10/h4,7-9,14H,1-3H3. The Balaban J connectivity index is 1.87. The number of aliphatic hydroxyl groups excluding tert-OH is 1. The van der Waals surface area contributed by atoms with Crippen LogP contribution in [0.15, 0.2) is 11.6 Å². The SMILES string of the molecule is CC1(C)OOC23OC1C(O)C2=CC(=O)C1(C)OC13. The zero-order valence-corrected chi connectivity index (χ0v) is 10.3. The highest BCUT2D eigenvalue weighted by Crippen LogP contribution is 2.60. The number of rotatable bonds is 0. The number of ketones is 1. The van der Waals surface area contributed by atoms with E-state index in [0.29, 0.717) is 5.57 Å². The first-order valence-corrected chi connectivity index (χ1v) is 5.98. The van der Waals surface area contributed by atoms with Crippen molar-refractivity contribution in [3.05, 3.63) is 11.6 Å². The molecule has 4 aliphatic rings. The number of ether oxygens (including phenoxy) is 2. The molecular formula is C12H14O6. The van der Waals surface area contributed by atoms with Crippen molar-refractivity contribution in [1.82, 2.24) is 0 Å². The van der Waals surface area contributed by atoms with Crippen molar-refractivity contribution in [1.29, 1.82) is 0 Å². The van der Waals surface area contributed by atoms with Crippen LogP contribution in [0.2, 0.25) is 0 Å². The van der Waals surface area contributed by atoms with E-state index in [4.69, 9.17) is 19.2 Å². The highest BCUT2D eigenvalue weighted by atomic mass is 17.3. The van der Waals surface area contributed by atoms with Crippen LogP contribution in [-0.4, -0.2) is 46.2 Å². The van der Waals surface area contributed by atoms with Crippen LogP contribution in [0.3, 0.4) is 0 Å². The van der Waals surface area contributed by atoms with Gasteiger partial charge in [0, 0.05) is 5.57 Å². The van der Waals surface area contributed by atoms with E-state index in [-0.39, 0.29) is 5.78 Å². The number of carbonyl (C=O) groups excluding carboxylic acids is 1. The molecule has 0 aromatic rings. The summed E-state index contributed by atoms with van der Waals surface area (Å²) in [6.45, 7) is 5.22. The summed E-state index contributed by atoms with van der Waals surface area (Å²) in [6, 6.07) is 0. The quantitative estimate of drug-likeness (QED) is 0.478. The molecule has 0 aromatic heterocycles. The van der Waals surface area contributed by atoms with Gasteiger partial charge in [-0.15, -0.1) is 0 Å². The third-order valence-electron chi connectivity index (χ3n) is 4.30. The summed E-state index contributed by atoms with van der Waals surface area (Å²) in [7, 11) is 0. The van der Waals surface area contributed by atoms with E-state index in [1.807, 2.05) is 0 Å². The van der Waals surface area contributed by atoms with Gasteiger partial charge in [0.15, 0.2) is 17.5 Å². The van der Waals surface area contributed by atoms with Gasteiger partial charge in [-0.1, -0.05) is 0 Å². The highest BCUT2D eigenvalue weighted by molar-refractivity contribution is 6.02. The van der Waals surface area contributed by atoms with Crippen molar-refractivity contribution in [3.63, 3.8) is 0 Å². The Labute approximate surface area is 103 Å². The van der Waals surface area contributed by atoms with Crippen molar-refractivity contribution < 1.29 is 29.1 Å². The molecule has 2 bridgehead atoms. The van der Waals surface area contributed by atoms with Gasteiger partial charge >= 0.3 is 0 Å². The molecule has 3 heterocycles. The van der Waals surface area contributed by atoms with Gasteiger partial charge in [0.1, 0.15) is 17.8 Å². The molecule has 0 radical (unpaired) electrons. The lowest BCUT2D eigenvalue weighted by molar-refractivity contribution is -0.502. The molecule has 6 nitrogen and oxygen atoms in total. The van der Waals surface area contributed by atoms with E-state index in [1.165, 1.54) is 6.08 Å². The number of aliphatic hydroxyl groups is 1. The molecule has 1 spiro atoms. The van der Waals surface area contributed by atoms with E-state index in [0.717, 1.165) is 0 Å². The van der Waals surface area contributed by atoms with Gasteiger partial charge < -0.3 is 14.6 Å². The Kier molecular flexibility index (Phi) is 1.67. The molecule has 3 saturated heterocycles. The van der Waals surface area contributed by atoms with Crippen molar-refractivity contribution in [2.24, 2.45) is 0 Å². The van der Waals surface area contributed by atoms with E-state index in [2.05, 4.69) is 0 Å². The Hall–Kier alpha value is -0.790. The number of hydrogen-bond donors (Lipinski definition) is 1. The molecule has 3 fully saturated rings. The van der Waals surface area contributed by atoms with E-state index in [9.17, 15) is 9.90 Å². The van der Waals surface area contributed by atoms with Crippen LogP contribution in [-0.2, 0) is 24.0 Å². The second-order valence-corrected chi connectivity index (χ2v) is 5.99. The minimum absolute atomic E-state index is 0.162. The Morgan fingerprint density at radius 3 is 2.67 bits per heavy atom. The fraction of sp³-hybridized carbons (Fsp3) is 0.750.